The van der Waals surface area contributed by atoms with Crippen LogP contribution in [0.3, 0.4) is 0 Å². The first kappa shape index (κ1) is 13.6. The Bertz CT molecular complexity index is 567. The van der Waals surface area contributed by atoms with E-state index in [0.717, 1.165) is 18.8 Å². The van der Waals surface area contributed by atoms with Crippen LogP contribution in [0, 0.1) is 23.2 Å². The number of aliphatic hydroxyl groups is 1. The predicted octanol–water partition coefficient (Wildman–Crippen LogP) is 3.86. The maximum Gasteiger partial charge on any atom is 0.115 e. The number of aliphatic hydroxyl groups excluding tert-OH is 1. The minimum absolute atomic E-state index is 0.121. The van der Waals surface area contributed by atoms with Gasteiger partial charge in [0.15, 0.2) is 0 Å². The Morgan fingerprint density at radius 3 is 2.86 bits per heavy atom. The summed E-state index contributed by atoms with van der Waals surface area (Å²) in [6, 6.07) is 5.96. The zero-order chi connectivity index (χ0) is 14.8. The van der Waals surface area contributed by atoms with Crippen LogP contribution >= 0.6 is 0 Å². The summed E-state index contributed by atoms with van der Waals surface area (Å²) in [5.41, 5.74) is 2.96. The van der Waals surface area contributed by atoms with Gasteiger partial charge in [0.2, 0.25) is 0 Å². The Labute approximate surface area is 127 Å². The van der Waals surface area contributed by atoms with Crippen LogP contribution in [0.2, 0.25) is 0 Å². The summed E-state index contributed by atoms with van der Waals surface area (Å²) in [6.45, 7) is 4.55. The first-order chi connectivity index (χ1) is 10.0. The third-order valence-corrected chi connectivity index (χ3v) is 6.99. The molecule has 2 nitrogen and oxygen atoms in total. The lowest BCUT2D eigenvalue weighted by Gasteiger charge is -2.50. The van der Waals surface area contributed by atoms with E-state index in [1.54, 1.807) is 0 Å². The maximum absolute atomic E-state index is 10.6. The van der Waals surface area contributed by atoms with Crippen molar-refractivity contribution in [1.82, 2.24) is 0 Å². The standard InChI is InChI=1S/C19H26O2/c1-11-9-17-16-5-3-12-10-13(20)4-6-14(12)15(16)7-8-19(17,2)18(11)21/h4,6,10-11,15-18,20-21H,3,5,7-9H2,1-2H3/t11-,15-,16-,17+,18+,19+/m1/s1. The second-order valence-electron chi connectivity index (χ2n) is 8.00. The Morgan fingerprint density at radius 2 is 2.05 bits per heavy atom. The molecule has 1 aromatic carbocycles. The number of fused-ring (bicyclic) bond motifs is 5. The first-order valence-corrected chi connectivity index (χ1v) is 8.50. The number of rotatable bonds is 0. The minimum Gasteiger partial charge on any atom is -0.508 e. The summed E-state index contributed by atoms with van der Waals surface area (Å²) >= 11 is 0. The molecule has 0 saturated heterocycles. The molecule has 0 amide bonds. The number of aromatic hydroxyl groups is 1. The fraction of sp³-hybridized carbons (Fsp3) is 0.684. The van der Waals surface area contributed by atoms with E-state index in [2.05, 4.69) is 19.9 Å². The van der Waals surface area contributed by atoms with Crippen molar-refractivity contribution < 1.29 is 10.2 Å². The molecule has 1 aromatic rings. The molecule has 2 N–H and O–H groups in total. The van der Waals surface area contributed by atoms with Gasteiger partial charge >= 0.3 is 0 Å². The summed E-state index contributed by atoms with van der Waals surface area (Å²) in [6.07, 6.45) is 5.71. The van der Waals surface area contributed by atoms with Gasteiger partial charge < -0.3 is 10.2 Å². The second-order valence-corrected chi connectivity index (χ2v) is 8.00. The average Bonchev–Trinajstić information content (AvgIpc) is 2.70. The number of hydrogen-bond donors (Lipinski definition) is 2. The minimum atomic E-state index is -0.121. The molecule has 0 unspecified atom stereocenters. The third kappa shape index (κ3) is 1.81. The number of phenolic OH excluding ortho intramolecular Hbond substituents is 1. The van der Waals surface area contributed by atoms with Crippen molar-refractivity contribution in [3.8, 4) is 5.75 Å². The van der Waals surface area contributed by atoms with Crippen molar-refractivity contribution in [3.63, 3.8) is 0 Å². The zero-order valence-corrected chi connectivity index (χ0v) is 13.0. The fourth-order valence-corrected chi connectivity index (χ4v) is 5.91. The van der Waals surface area contributed by atoms with Gasteiger partial charge in [-0.1, -0.05) is 19.9 Å². The van der Waals surface area contributed by atoms with Crippen LogP contribution in [0.1, 0.15) is 56.6 Å². The van der Waals surface area contributed by atoms with Crippen LogP contribution in [0.15, 0.2) is 18.2 Å². The molecule has 0 heterocycles. The van der Waals surface area contributed by atoms with Crippen LogP contribution in [0.5, 0.6) is 5.75 Å². The van der Waals surface area contributed by atoms with Crippen molar-refractivity contribution in [1.29, 1.82) is 0 Å². The molecule has 2 heteroatoms. The highest BCUT2D eigenvalue weighted by atomic mass is 16.3. The largest absolute Gasteiger partial charge is 0.508 e. The Morgan fingerprint density at radius 1 is 1.24 bits per heavy atom. The quantitative estimate of drug-likeness (QED) is 0.760. The van der Waals surface area contributed by atoms with Crippen molar-refractivity contribution in [2.24, 2.45) is 23.2 Å². The monoisotopic (exact) mass is 286 g/mol. The Kier molecular flexibility index (Phi) is 2.91. The predicted molar refractivity (Wildman–Crippen MR) is 83.3 cm³/mol. The van der Waals surface area contributed by atoms with E-state index in [4.69, 9.17) is 0 Å². The number of phenols is 1. The number of aryl methyl sites for hydroxylation is 1. The van der Waals surface area contributed by atoms with Crippen LogP contribution in [0.25, 0.3) is 0 Å². The van der Waals surface area contributed by atoms with E-state index in [0.29, 0.717) is 23.5 Å². The molecular formula is C19H26O2. The van der Waals surface area contributed by atoms with Crippen LogP contribution in [-0.4, -0.2) is 16.3 Å². The van der Waals surface area contributed by atoms with Crippen molar-refractivity contribution >= 4 is 0 Å². The summed E-state index contributed by atoms with van der Waals surface area (Å²) in [4.78, 5) is 0. The molecule has 0 aromatic heterocycles. The van der Waals surface area contributed by atoms with Gasteiger partial charge in [-0.25, -0.2) is 0 Å². The van der Waals surface area contributed by atoms with E-state index in [9.17, 15) is 10.2 Å². The molecule has 4 rings (SSSR count). The normalized spacial score (nSPS) is 44.8. The summed E-state index contributed by atoms with van der Waals surface area (Å²) in [5, 5.41) is 20.4. The molecule has 3 aliphatic carbocycles. The van der Waals surface area contributed by atoms with E-state index >= 15 is 0 Å². The highest BCUT2D eigenvalue weighted by Crippen LogP contribution is 2.62. The van der Waals surface area contributed by atoms with Crippen molar-refractivity contribution in [2.75, 3.05) is 0 Å². The van der Waals surface area contributed by atoms with E-state index in [-0.39, 0.29) is 11.5 Å². The van der Waals surface area contributed by atoms with Gasteiger partial charge in [-0.3, -0.25) is 0 Å². The van der Waals surface area contributed by atoms with Crippen molar-refractivity contribution in [3.05, 3.63) is 29.3 Å². The molecule has 2 fully saturated rings. The van der Waals surface area contributed by atoms with Gasteiger partial charge in [0.25, 0.3) is 0 Å². The van der Waals surface area contributed by atoms with Gasteiger partial charge in [-0.2, -0.15) is 0 Å². The first-order valence-electron chi connectivity index (χ1n) is 8.50. The lowest BCUT2D eigenvalue weighted by molar-refractivity contribution is -0.0309. The van der Waals surface area contributed by atoms with Crippen LogP contribution < -0.4 is 0 Å². The molecule has 0 bridgehead atoms. The molecule has 114 valence electrons. The van der Waals surface area contributed by atoms with Gasteiger partial charge in [-0.05, 0) is 84.5 Å². The zero-order valence-electron chi connectivity index (χ0n) is 13.0. The highest BCUT2D eigenvalue weighted by molar-refractivity contribution is 5.40. The molecule has 2 saturated carbocycles. The lowest BCUT2D eigenvalue weighted by Crippen LogP contribution is -2.44. The van der Waals surface area contributed by atoms with Gasteiger partial charge in [0.1, 0.15) is 5.75 Å². The van der Waals surface area contributed by atoms with E-state index in [1.807, 2.05) is 12.1 Å². The van der Waals surface area contributed by atoms with E-state index < -0.39 is 0 Å². The summed E-state index contributed by atoms with van der Waals surface area (Å²) < 4.78 is 0. The number of benzene rings is 1. The van der Waals surface area contributed by atoms with Crippen LogP contribution in [-0.2, 0) is 6.42 Å². The SMILES string of the molecule is C[C@@H]1C[C@H]2[C@@H]3CCc4cc(O)ccc4[C@H]3CC[C@]2(C)[C@H]1O. The lowest BCUT2D eigenvalue weighted by atomic mass is 9.55. The Balaban J connectivity index is 1.71. The molecule has 0 radical (unpaired) electrons. The molecule has 21 heavy (non-hydrogen) atoms. The van der Waals surface area contributed by atoms with Gasteiger partial charge in [0, 0.05) is 0 Å². The fourth-order valence-electron chi connectivity index (χ4n) is 5.91. The second kappa shape index (κ2) is 4.49. The van der Waals surface area contributed by atoms with Gasteiger partial charge in [0.05, 0.1) is 6.10 Å². The molecule has 0 aliphatic heterocycles. The van der Waals surface area contributed by atoms with Crippen molar-refractivity contribution in [2.45, 2.75) is 58.0 Å². The molecule has 6 atom stereocenters. The summed E-state index contributed by atoms with van der Waals surface area (Å²) in [5.74, 6) is 2.88. The summed E-state index contributed by atoms with van der Waals surface area (Å²) in [7, 11) is 0. The Hall–Kier alpha value is -1.02. The number of hydrogen-bond acceptors (Lipinski definition) is 2. The van der Waals surface area contributed by atoms with Gasteiger partial charge in [-0.15, -0.1) is 0 Å². The smallest absolute Gasteiger partial charge is 0.115 e. The molecule has 3 aliphatic rings. The molecular weight excluding hydrogens is 260 g/mol. The average molecular weight is 286 g/mol. The highest BCUT2D eigenvalue weighted by Gasteiger charge is 2.56. The van der Waals surface area contributed by atoms with Crippen LogP contribution in [0.4, 0.5) is 0 Å². The maximum atomic E-state index is 10.6. The topological polar surface area (TPSA) is 40.5 Å². The third-order valence-electron chi connectivity index (χ3n) is 6.99. The van der Waals surface area contributed by atoms with E-state index in [1.165, 1.54) is 30.4 Å². The molecule has 0 spiro atoms.